The summed E-state index contributed by atoms with van der Waals surface area (Å²) in [6, 6.07) is 6.28. The molecule has 0 radical (unpaired) electrons. The molecule has 1 aromatic carbocycles. The van der Waals surface area contributed by atoms with Crippen LogP contribution in [0.2, 0.25) is 0 Å². The van der Waals surface area contributed by atoms with Crippen LogP contribution < -0.4 is 20.1 Å². The normalized spacial score (nSPS) is 17.3. The second kappa shape index (κ2) is 12.9. The van der Waals surface area contributed by atoms with Gasteiger partial charge in [0.25, 0.3) is 0 Å². The van der Waals surface area contributed by atoms with E-state index in [0.717, 1.165) is 36.8 Å². The van der Waals surface area contributed by atoms with Crippen LogP contribution in [0.1, 0.15) is 58.4 Å². The molecule has 2 N–H and O–H groups in total. The summed E-state index contributed by atoms with van der Waals surface area (Å²) in [7, 11) is 4.24. The summed E-state index contributed by atoms with van der Waals surface area (Å²) < 4.78 is 23.1. The summed E-state index contributed by atoms with van der Waals surface area (Å²) in [6.07, 6.45) is 5.96. The molecule has 1 aromatic rings. The average molecular weight is 566 g/mol. The fourth-order valence-corrected chi connectivity index (χ4v) is 4.90. The summed E-state index contributed by atoms with van der Waals surface area (Å²) in [6.45, 7) is 7.45. The Hall–Kier alpha value is -1.03. The summed E-state index contributed by atoms with van der Waals surface area (Å²) >= 11 is 0. The number of benzene rings is 1. The molecule has 178 valence electrons. The van der Waals surface area contributed by atoms with Crippen LogP contribution in [0.5, 0.6) is 11.5 Å². The molecule has 0 spiro atoms. The number of aliphatic imine (C=N–C) groups is 1. The monoisotopic (exact) mass is 565 g/mol. The largest absolute Gasteiger partial charge is 0.493 e. The smallest absolute Gasteiger partial charge is 0.191 e. The van der Waals surface area contributed by atoms with E-state index in [1.54, 1.807) is 21.3 Å². The van der Waals surface area contributed by atoms with Gasteiger partial charge in [-0.1, -0.05) is 25.3 Å². The zero-order valence-electron chi connectivity index (χ0n) is 19.9. The van der Waals surface area contributed by atoms with E-state index in [4.69, 9.17) is 9.47 Å². The van der Waals surface area contributed by atoms with E-state index >= 15 is 0 Å². The van der Waals surface area contributed by atoms with Gasteiger partial charge in [0.05, 0.1) is 14.2 Å². The minimum absolute atomic E-state index is 0. The van der Waals surface area contributed by atoms with Gasteiger partial charge in [-0.05, 0) is 51.3 Å². The lowest BCUT2D eigenvalue weighted by Gasteiger charge is -2.38. The molecule has 1 aliphatic carbocycles. The lowest BCUT2D eigenvalue weighted by Crippen LogP contribution is -2.47. The Labute approximate surface area is 207 Å². The highest BCUT2D eigenvalue weighted by Gasteiger charge is 2.34. The summed E-state index contributed by atoms with van der Waals surface area (Å²) in [4.78, 5) is 4.37. The molecule has 31 heavy (non-hydrogen) atoms. The number of hydrogen-bond donors (Lipinski definition) is 2. The number of nitrogens with one attached hydrogen (secondary N) is 2. The minimum atomic E-state index is -0.880. The van der Waals surface area contributed by atoms with E-state index in [0.29, 0.717) is 12.3 Å². The highest BCUT2D eigenvalue weighted by Crippen LogP contribution is 2.42. The molecular weight excluding hydrogens is 525 g/mol. The summed E-state index contributed by atoms with van der Waals surface area (Å²) in [5, 5.41) is 6.85. The SMILES string of the molecule is CN=C(NCCS(=O)C(C)(C)C)NCC1(c2ccc(OC)c(OC)c2)CCCCC1.I. The zero-order chi connectivity index (χ0) is 22.2. The number of halogens is 1. The molecule has 1 fully saturated rings. The summed E-state index contributed by atoms with van der Waals surface area (Å²) in [5.41, 5.74) is 1.31. The third-order valence-corrected chi connectivity index (χ3v) is 7.83. The highest BCUT2D eigenvalue weighted by atomic mass is 127. The number of nitrogens with zero attached hydrogens (tertiary/aromatic N) is 1. The van der Waals surface area contributed by atoms with Crippen LogP contribution >= 0.6 is 24.0 Å². The zero-order valence-corrected chi connectivity index (χ0v) is 23.0. The standard InChI is InChI=1S/C23H39N3O3S.HI/c1-22(2,3)30(27)15-14-25-21(24-4)26-17-23(12-8-7-9-13-23)18-10-11-19(28-5)20(16-18)29-6;/h10-11,16H,7-9,12-15,17H2,1-6H3,(H2,24,25,26);1H. The molecule has 0 amide bonds. The number of ether oxygens (including phenoxy) is 2. The molecule has 0 aliphatic heterocycles. The van der Waals surface area contributed by atoms with E-state index in [9.17, 15) is 4.21 Å². The average Bonchev–Trinajstić information content (AvgIpc) is 2.75. The van der Waals surface area contributed by atoms with Gasteiger partial charge in [-0.15, -0.1) is 24.0 Å². The van der Waals surface area contributed by atoms with Crippen molar-refractivity contribution in [2.75, 3.05) is 40.1 Å². The van der Waals surface area contributed by atoms with Crippen molar-refractivity contribution in [1.29, 1.82) is 0 Å². The molecule has 0 bridgehead atoms. The first-order valence-electron chi connectivity index (χ1n) is 10.8. The van der Waals surface area contributed by atoms with Gasteiger partial charge in [0, 0.05) is 46.9 Å². The Kier molecular flexibility index (Phi) is 11.6. The maximum atomic E-state index is 12.3. The van der Waals surface area contributed by atoms with E-state index < -0.39 is 10.8 Å². The summed E-state index contributed by atoms with van der Waals surface area (Å²) in [5.74, 6) is 2.88. The van der Waals surface area contributed by atoms with Gasteiger partial charge in [-0.25, -0.2) is 0 Å². The molecule has 8 heteroatoms. The fraction of sp³-hybridized carbons (Fsp3) is 0.696. The van der Waals surface area contributed by atoms with Gasteiger partial charge in [0.15, 0.2) is 17.5 Å². The Morgan fingerprint density at radius 2 is 1.74 bits per heavy atom. The van der Waals surface area contributed by atoms with Crippen molar-refractivity contribution in [3.05, 3.63) is 23.8 Å². The van der Waals surface area contributed by atoms with Crippen molar-refractivity contribution in [2.45, 2.75) is 63.0 Å². The first-order chi connectivity index (χ1) is 14.3. The van der Waals surface area contributed by atoms with E-state index in [-0.39, 0.29) is 34.1 Å². The number of rotatable bonds is 8. The van der Waals surface area contributed by atoms with Crippen LogP contribution in [0.15, 0.2) is 23.2 Å². The minimum Gasteiger partial charge on any atom is -0.493 e. The van der Waals surface area contributed by atoms with E-state index in [1.165, 1.54) is 24.8 Å². The van der Waals surface area contributed by atoms with Gasteiger partial charge >= 0.3 is 0 Å². The second-order valence-electron chi connectivity index (χ2n) is 8.93. The van der Waals surface area contributed by atoms with Crippen molar-refractivity contribution < 1.29 is 13.7 Å². The molecule has 1 saturated carbocycles. The molecule has 6 nitrogen and oxygen atoms in total. The molecule has 0 aromatic heterocycles. The van der Waals surface area contributed by atoms with Crippen molar-refractivity contribution in [1.82, 2.24) is 10.6 Å². The van der Waals surface area contributed by atoms with E-state index in [2.05, 4.69) is 27.8 Å². The molecule has 0 heterocycles. The van der Waals surface area contributed by atoms with Gasteiger partial charge in [0.2, 0.25) is 0 Å². The third kappa shape index (κ3) is 7.80. The number of hydrogen-bond acceptors (Lipinski definition) is 4. The van der Waals surface area contributed by atoms with E-state index in [1.807, 2.05) is 26.8 Å². The van der Waals surface area contributed by atoms with Crippen LogP contribution in [0.3, 0.4) is 0 Å². The molecule has 1 unspecified atom stereocenters. The highest BCUT2D eigenvalue weighted by molar-refractivity contribution is 14.0. The van der Waals surface area contributed by atoms with Gasteiger partial charge in [0.1, 0.15) is 0 Å². The predicted molar refractivity (Wildman–Crippen MR) is 142 cm³/mol. The Morgan fingerprint density at radius 3 is 2.29 bits per heavy atom. The molecule has 0 saturated heterocycles. The van der Waals surface area contributed by atoms with Gasteiger partial charge in [-0.2, -0.15) is 0 Å². The Morgan fingerprint density at radius 1 is 1.10 bits per heavy atom. The lowest BCUT2D eigenvalue weighted by molar-refractivity contribution is 0.288. The topological polar surface area (TPSA) is 72.0 Å². The van der Waals surface area contributed by atoms with Gasteiger partial charge < -0.3 is 20.1 Å². The quantitative estimate of drug-likeness (QED) is 0.281. The molecular formula is C23H40IN3O3S. The maximum absolute atomic E-state index is 12.3. The molecule has 2 rings (SSSR count). The van der Waals surface area contributed by atoms with Crippen LogP contribution in [0, 0.1) is 0 Å². The van der Waals surface area contributed by atoms with Crippen molar-refractivity contribution in [2.24, 2.45) is 4.99 Å². The fourth-order valence-electron chi connectivity index (χ4n) is 4.00. The number of guanidine groups is 1. The van der Waals surface area contributed by atoms with Gasteiger partial charge in [-0.3, -0.25) is 9.20 Å². The maximum Gasteiger partial charge on any atom is 0.191 e. The van der Waals surface area contributed by atoms with Crippen LogP contribution in [0.25, 0.3) is 0 Å². The van der Waals surface area contributed by atoms with Crippen LogP contribution in [-0.2, 0) is 16.2 Å². The Bertz CT molecular complexity index is 744. The first kappa shape index (κ1) is 28.0. The van der Waals surface area contributed by atoms with Crippen molar-refractivity contribution >= 4 is 40.7 Å². The Balaban J connectivity index is 0.00000480. The first-order valence-corrected chi connectivity index (χ1v) is 12.1. The second-order valence-corrected chi connectivity index (χ2v) is 11.2. The third-order valence-electron chi connectivity index (χ3n) is 5.89. The van der Waals surface area contributed by atoms with Crippen molar-refractivity contribution in [3.63, 3.8) is 0 Å². The lowest BCUT2D eigenvalue weighted by atomic mass is 9.69. The molecule has 1 aliphatic rings. The van der Waals surface area contributed by atoms with Crippen molar-refractivity contribution in [3.8, 4) is 11.5 Å². The number of methoxy groups -OCH3 is 2. The molecule has 1 atom stereocenters. The van der Waals surface area contributed by atoms with Crippen LogP contribution in [-0.4, -0.2) is 55.0 Å². The van der Waals surface area contributed by atoms with Crippen LogP contribution in [0.4, 0.5) is 0 Å². The predicted octanol–water partition coefficient (Wildman–Crippen LogP) is 4.24.